The summed E-state index contributed by atoms with van der Waals surface area (Å²) < 4.78 is 8.83. The molecule has 0 aromatic rings. The fourth-order valence-electron chi connectivity index (χ4n) is 1.72. The Morgan fingerprint density at radius 2 is 2.13 bits per heavy atom. The Morgan fingerprint density at radius 3 is 2.80 bits per heavy atom. The van der Waals surface area contributed by atoms with Crippen molar-refractivity contribution in [1.29, 1.82) is 0 Å². The molecule has 0 aromatic carbocycles. The van der Waals surface area contributed by atoms with Crippen molar-refractivity contribution in [1.82, 2.24) is 0 Å². The number of rotatable bonds is 1. The number of halogens is 3. The first kappa shape index (κ1) is 11.7. The molecule has 0 amide bonds. The van der Waals surface area contributed by atoms with Gasteiger partial charge < -0.3 is 14.6 Å². The predicted molar refractivity (Wildman–Crippen MR) is 58.1 cm³/mol. The van der Waals surface area contributed by atoms with Crippen LogP contribution in [0.1, 0.15) is 0 Å². The molecule has 3 nitrogen and oxygen atoms in total. The standard InChI is InChI=1S/C9H9Cl3O3/c10-9(11,12)7(13)8-4-2-1-3-6(8)14-5-15-8/h1-4,6-7,13H,5H2. The highest BCUT2D eigenvalue weighted by atomic mass is 35.6. The maximum absolute atomic E-state index is 9.99. The largest absolute Gasteiger partial charge is 0.385 e. The van der Waals surface area contributed by atoms with E-state index in [-0.39, 0.29) is 6.79 Å². The summed E-state index contributed by atoms with van der Waals surface area (Å²) in [6, 6.07) is 0. The second-order valence-corrected chi connectivity index (χ2v) is 5.76. The summed E-state index contributed by atoms with van der Waals surface area (Å²) in [6.07, 6.45) is 5.22. The van der Waals surface area contributed by atoms with Gasteiger partial charge in [-0.1, -0.05) is 53.0 Å². The Kier molecular flexibility index (Phi) is 3.05. The molecule has 15 heavy (non-hydrogen) atoms. The van der Waals surface area contributed by atoms with Crippen LogP contribution in [0.2, 0.25) is 0 Å². The lowest BCUT2D eigenvalue weighted by Crippen LogP contribution is -2.54. The first-order valence-corrected chi connectivity index (χ1v) is 5.46. The van der Waals surface area contributed by atoms with Crippen LogP contribution in [-0.4, -0.2) is 33.5 Å². The van der Waals surface area contributed by atoms with Gasteiger partial charge >= 0.3 is 0 Å². The van der Waals surface area contributed by atoms with Crippen LogP contribution in [0.25, 0.3) is 0 Å². The number of hydrogen-bond acceptors (Lipinski definition) is 3. The number of fused-ring (bicyclic) bond motifs is 1. The van der Waals surface area contributed by atoms with Crippen LogP contribution in [0.3, 0.4) is 0 Å². The van der Waals surface area contributed by atoms with E-state index in [4.69, 9.17) is 44.3 Å². The summed E-state index contributed by atoms with van der Waals surface area (Å²) >= 11 is 17.0. The number of allylic oxidation sites excluding steroid dienone is 2. The lowest BCUT2D eigenvalue weighted by atomic mass is 9.87. The molecule has 0 radical (unpaired) electrons. The van der Waals surface area contributed by atoms with E-state index in [1.807, 2.05) is 0 Å². The number of alkyl halides is 3. The van der Waals surface area contributed by atoms with Crippen LogP contribution < -0.4 is 0 Å². The van der Waals surface area contributed by atoms with E-state index in [2.05, 4.69) is 0 Å². The van der Waals surface area contributed by atoms with E-state index in [9.17, 15) is 5.11 Å². The normalized spacial score (nSPS) is 36.7. The van der Waals surface area contributed by atoms with Gasteiger partial charge in [0.15, 0.2) is 0 Å². The lowest BCUT2D eigenvalue weighted by Gasteiger charge is -2.37. The summed E-state index contributed by atoms with van der Waals surface area (Å²) in [5, 5.41) is 9.99. The minimum absolute atomic E-state index is 0.0666. The topological polar surface area (TPSA) is 38.7 Å². The van der Waals surface area contributed by atoms with Gasteiger partial charge in [-0.15, -0.1) is 0 Å². The average molecular weight is 272 g/mol. The molecule has 0 aromatic heterocycles. The van der Waals surface area contributed by atoms with Gasteiger partial charge in [0.1, 0.15) is 24.6 Å². The monoisotopic (exact) mass is 270 g/mol. The molecule has 2 aliphatic rings. The summed E-state index contributed by atoms with van der Waals surface area (Å²) in [5.41, 5.74) is -1.10. The minimum Gasteiger partial charge on any atom is -0.385 e. The summed E-state index contributed by atoms with van der Waals surface area (Å²) in [5.74, 6) is 0. The van der Waals surface area contributed by atoms with Crippen molar-refractivity contribution in [2.75, 3.05) is 6.79 Å². The zero-order chi connectivity index (χ0) is 11.1. The van der Waals surface area contributed by atoms with Gasteiger partial charge in [-0.25, -0.2) is 0 Å². The second kappa shape index (κ2) is 3.91. The maximum Gasteiger partial charge on any atom is 0.219 e. The summed E-state index contributed by atoms with van der Waals surface area (Å²) in [6.45, 7) is 0.0666. The van der Waals surface area contributed by atoms with Gasteiger partial charge in [0, 0.05) is 0 Å². The molecule has 1 N–H and O–H groups in total. The van der Waals surface area contributed by atoms with Crippen molar-refractivity contribution in [2.45, 2.75) is 21.6 Å². The van der Waals surface area contributed by atoms with Crippen LogP contribution in [0.4, 0.5) is 0 Å². The highest BCUT2D eigenvalue weighted by molar-refractivity contribution is 6.68. The molecule has 2 rings (SSSR count). The molecule has 1 heterocycles. The van der Waals surface area contributed by atoms with Crippen molar-refractivity contribution in [3.8, 4) is 0 Å². The van der Waals surface area contributed by atoms with Gasteiger partial charge in [0.2, 0.25) is 3.79 Å². The third kappa shape index (κ3) is 1.93. The Bertz CT molecular complexity index is 310. The SMILES string of the molecule is OC(C(Cl)(Cl)Cl)C12C=CC=CC1OCO2. The fourth-order valence-corrected chi connectivity index (χ4v) is 2.23. The quantitative estimate of drug-likeness (QED) is 0.741. The molecular formula is C9H9Cl3O3. The van der Waals surface area contributed by atoms with E-state index in [1.54, 1.807) is 24.3 Å². The first-order chi connectivity index (χ1) is 6.97. The molecule has 0 spiro atoms. The van der Waals surface area contributed by atoms with Crippen LogP contribution in [0, 0.1) is 0 Å². The molecule has 84 valence electrons. The molecule has 3 unspecified atom stereocenters. The lowest BCUT2D eigenvalue weighted by molar-refractivity contribution is -0.0591. The predicted octanol–water partition coefficient (Wildman–Crippen LogP) is 1.96. The zero-order valence-electron chi connectivity index (χ0n) is 7.57. The maximum atomic E-state index is 9.99. The third-order valence-corrected chi connectivity index (χ3v) is 3.11. The van der Waals surface area contributed by atoms with Crippen LogP contribution in [-0.2, 0) is 9.47 Å². The third-order valence-electron chi connectivity index (χ3n) is 2.49. The van der Waals surface area contributed by atoms with E-state index in [1.165, 1.54) is 0 Å². The van der Waals surface area contributed by atoms with E-state index < -0.39 is 21.6 Å². The molecular weight excluding hydrogens is 262 g/mol. The van der Waals surface area contributed by atoms with Crippen molar-refractivity contribution in [3.05, 3.63) is 24.3 Å². The average Bonchev–Trinajstić information content (AvgIpc) is 2.59. The van der Waals surface area contributed by atoms with Crippen molar-refractivity contribution < 1.29 is 14.6 Å². The number of ether oxygens (including phenoxy) is 2. The Morgan fingerprint density at radius 1 is 1.40 bits per heavy atom. The Balaban J connectivity index is 2.32. The van der Waals surface area contributed by atoms with Gasteiger partial charge in [0.05, 0.1) is 0 Å². The Labute approximate surface area is 102 Å². The van der Waals surface area contributed by atoms with E-state index in [0.29, 0.717) is 0 Å². The van der Waals surface area contributed by atoms with Gasteiger partial charge in [-0.2, -0.15) is 0 Å². The molecule has 3 atom stereocenters. The number of aliphatic hydroxyl groups excluding tert-OH is 1. The van der Waals surface area contributed by atoms with E-state index >= 15 is 0 Å². The van der Waals surface area contributed by atoms with Gasteiger partial charge in [0.25, 0.3) is 0 Å². The molecule has 6 heteroatoms. The highest BCUT2D eigenvalue weighted by Crippen LogP contribution is 2.43. The van der Waals surface area contributed by atoms with Crippen LogP contribution in [0.5, 0.6) is 0 Å². The molecule has 1 saturated heterocycles. The van der Waals surface area contributed by atoms with Crippen molar-refractivity contribution in [2.24, 2.45) is 0 Å². The zero-order valence-corrected chi connectivity index (χ0v) is 9.84. The van der Waals surface area contributed by atoms with Gasteiger partial charge in [-0.05, 0) is 6.08 Å². The first-order valence-electron chi connectivity index (χ1n) is 4.33. The minimum atomic E-state index is -1.82. The second-order valence-electron chi connectivity index (χ2n) is 3.39. The van der Waals surface area contributed by atoms with Crippen LogP contribution >= 0.6 is 34.8 Å². The molecule has 1 aliphatic carbocycles. The van der Waals surface area contributed by atoms with Crippen molar-refractivity contribution >= 4 is 34.8 Å². The number of aliphatic hydroxyl groups is 1. The van der Waals surface area contributed by atoms with E-state index in [0.717, 1.165) is 0 Å². The van der Waals surface area contributed by atoms with Gasteiger partial charge in [-0.3, -0.25) is 0 Å². The molecule has 0 bridgehead atoms. The smallest absolute Gasteiger partial charge is 0.219 e. The van der Waals surface area contributed by atoms with Crippen LogP contribution in [0.15, 0.2) is 24.3 Å². The molecule has 0 saturated carbocycles. The van der Waals surface area contributed by atoms with Crippen molar-refractivity contribution in [3.63, 3.8) is 0 Å². The summed E-state index contributed by atoms with van der Waals surface area (Å²) in [4.78, 5) is 0. The number of hydrogen-bond donors (Lipinski definition) is 1. The highest BCUT2D eigenvalue weighted by Gasteiger charge is 2.55. The Hall–Kier alpha value is 0.230. The molecule has 1 aliphatic heterocycles. The fraction of sp³-hybridized carbons (Fsp3) is 0.556. The molecule has 1 fully saturated rings. The summed E-state index contributed by atoms with van der Waals surface area (Å²) in [7, 11) is 0.